The average Bonchev–Trinajstić information content (AvgIpc) is 3.39. The van der Waals surface area contributed by atoms with E-state index in [0.717, 1.165) is 6.07 Å². The minimum atomic E-state index is -4.78. The molecule has 49 heavy (non-hydrogen) atoms. The van der Waals surface area contributed by atoms with Crippen molar-refractivity contribution in [2.24, 2.45) is 4.99 Å². The van der Waals surface area contributed by atoms with Crippen LogP contribution < -0.4 is 0 Å². The summed E-state index contributed by atoms with van der Waals surface area (Å²) in [6.07, 6.45) is -2.99. The van der Waals surface area contributed by atoms with Gasteiger partial charge in [0.2, 0.25) is 17.2 Å². The van der Waals surface area contributed by atoms with Crippen LogP contribution in [0.5, 0.6) is 0 Å². The molecule has 10 nitrogen and oxygen atoms in total. The molecule has 2 heterocycles. The van der Waals surface area contributed by atoms with Crippen molar-refractivity contribution < 1.29 is 13.2 Å². The Labute approximate surface area is 275 Å². The third kappa shape index (κ3) is 4.82. The van der Waals surface area contributed by atoms with Crippen LogP contribution in [-0.2, 0) is 6.18 Å². The predicted molar refractivity (Wildman–Crippen MR) is 172 cm³/mol. The first-order valence-corrected chi connectivity index (χ1v) is 14.2. The van der Waals surface area contributed by atoms with E-state index in [2.05, 4.69) is 34.6 Å². The number of hydrogen-bond acceptors (Lipinski definition) is 8. The number of halogens is 3. The molecule has 0 N–H and O–H groups in total. The smallest absolute Gasteiger partial charge is 0.370 e. The summed E-state index contributed by atoms with van der Waals surface area (Å²) in [4.78, 5) is 27.4. The van der Waals surface area contributed by atoms with E-state index >= 15 is 0 Å². The lowest BCUT2D eigenvalue weighted by Gasteiger charge is -2.16. The largest absolute Gasteiger partial charge is 0.417 e. The minimum Gasteiger partial charge on any atom is -0.370 e. The minimum absolute atomic E-state index is 0.103. The quantitative estimate of drug-likeness (QED) is 0.136. The molecule has 4 aromatic carbocycles. The zero-order valence-corrected chi connectivity index (χ0v) is 24.9. The Morgan fingerprint density at radius 3 is 1.71 bits per heavy atom. The molecule has 1 aliphatic carbocycles. The van der Waals surface area contributed by atoms with Gasteiger partial charge in [-0.25, -0.2) is 9.97 Å². The first-order valence-electron chi connectivity index (χ1n) is 14.2. The molecule has 0 spiro atoms. The maximum Gasteiger partial charge on any atom is 0.417 e. The molecule has 13 heteroatoms. The fraction of sp³-hybridized carbons (Fsp3) is 0.0556. The Balaban J connectivity index is 1.42. The molecule has 0 saturated heterocycles. The molecule has 0 atom stereocenters. The summed E-state index contributed by atoms with van der Waals surface area (Å²) >= 11 is 0. The number of aliphatic imine (C=N–C) groups is 1. The summed E-state index contributed by atoms with van der Waals surface area (Å²) in [6.45, 7) is 16.4. The van der Waals surface area contributed by atoms with Gasteiger partial charge in [0.25, 0.3) is 11.6 Å². The fourth-order valence-corrected chi connectivity index (χ4v) is 5.98. The number of nitrogens with zero attached hydrogens (tertiary/aromatic N) is 10. The average molecular weight is 643 g/mol. The van der Waals surface area contributed by atoms with E-state index in [9.17, 15) is 29.0 Å². The lowest BCUT2D eigenvalue weighted by Crippen LogP contribution is -2.09. The lowest BCUT2D eigenvalue weighted by atomic mass is 9.92. The maximum atomic E-state index is 14.7. The number of rotatable bonds is 2. The standard InChI is InChI=1S/C36H13F3N10/c1-17-8-22-23-13-26(36(37,38)39)21(19-5-6-27-29(10-19)47-32(15-41)31(14-40)46-27)12-25(23)33(45-16-42)24(22)11-20(17)18-4-7-28-30(9-18)49-35(44-3)34(43-2)48-28/h4-13H,1H3. The Kier molecular flexibility index (Phi) is 6.81. The Morgan fingerprint density at radius 1 is 0.633 bits per heavy atom. The number of nitriles is 3. The van der Waals surface area contributed by atoms with Gasteiger partial charge in [0.15, 0.2) is 11.4 Å². The van der Waals surface area contributed by atoms with Crippen LogP contribution in [0.1, 0.15) is 33.6 Å². The molecule has 6 aromatic rings. The van der Waals surface area contributed by atoms with Crippen molar-refractivity contribution in [1.82, 2.24) is 19.9 Å². The van der Waals surface area contributed by atoms with E-state index < -0.39 is 11.7 Å². The molecule has 0 aliphatic heterocycles. The topological polar surface area (TPSA) is 144 Å². The van der Waals surface area contributed by atoms with Gasteiger partial charge < -0.3 is 9.69 Å². The highest BCUT2D eigenvalue weighted by atomic mass is 19.4. The molecule has 7 rings (SSSR count). The van der Waals surface area contributed by atoms with E-state index in [1.807, 2.05) is 0 Å². The lowest BCUT2D eigenvalue weighted by molar-refractivity contribution is -0.137. The van der Waals surface area contributed by atoms with Gasteiger partial charge in [-0.2, -0.15) is 33.9 Å². The van der Waals surface area contributed by atoms with Gasteiger partial charge in [-0.05, 0) is 94.4 Å². The first-order chi connectivity index (χ1) is 23.6. The SMILES string of the molecule is [C-]#[N+]c1nc2ccc(-c3cc4c(cc3C)-c3cc(C(F)(F)F)c(-c5ccc6nc(C#N)c(C#N)nc6c5)cc3C4=NC#N)cc2nc1[N+]#[C-]. The highest BCUT2D eigenvalue weighted by Gasteiger charge is 2.38. The van der Waals surface area contributed by atoms with Crippen LogP contribution in [0.25, 0.3) is 65.1 Å². The summed E-state index contributed by atoms with van der Waals surface area (Å²) in [5.41, 5.74) is 3.47. The van der Waals surface area contributed by atoms with E-state index in [-0.39, 0.29) is 56.5 Å². The van der Waals surface area contributed by atoms with Gasteiger partial charge in [0.05, 0.1) is 22.3 Å². The second kappa shape index (κ2) is 11.1. The predicted octanol–water partition coefficient (Wildman–Crippen LogP) is 8.38. The molecule has 0 fully saturated rings. The van der Waals surface area contributed by atoms with Gasteiger partial charge >= 0.3 is 6.18 Å². The van der Waals surface area contributed by atoms with Gasteiger partial charge in [-0.1, -0.05) is 25.3 Å². The van der Waals surface area contributed by atoms with Gasteiger partial charge in [0, 0.05) is 11.1 Å². The maximum absolute atomic E-state index is 14.7. The van der Waals surface area contributed by atoms with Crippen molar-refractivity contribution in [1.29, 1.82) is 15.8 Å². The highest BCUT2D eigenvalue weighted by Crippen LogP contribution is 2.47. The van der Waals surface area contributed by atoms with Crippen LogP contribution in [0.15, 0.2) is 65.7 Å². The molecular weight excluding hydrogens is 629 g/mol. The van der Waals surface area contributed by atoms with E-state index in [1.54, 1.807) is 55.6 Å². The second-order valence-corrected chi connectivity index (χ2v) is 10.9. The summed E-state index contributed by atoms with van der Waals surface area (Å²) in [6, 6.07) is 18.8. The number of aromatic nitrogens is 4. The Morgan fingerprint density at radius 2 is 1.14 bits per heavy atom. The Bertz CT molecular complexity index is 2730. The highest BCUT2D eigenvalue weighted by molar-refractivity contribution is 6.26. The van der Waals surface area contributed by atoms with E-state index in [4.69, 9.17) is 13.1 Å². The van der Waals surface area contributed by atoms with Crippen molar-refractivity contribution in [3.05, 3.63) is 117 Å². The van der Waals surface area contributed by atoms with Crippen LogP contribution in [0, 0.1) is 54.2 Å². The molecule has 0 saturated carbocycles. The van der Waals surface area contributed by atoms with Crippen LogP contribution in [0.3, 0.4) is 0 Å². The second-order valence-electron chi connectivity index (χ2n) is 10.9. The van der Waals surface area contributed by atoms with Gasteiger partial charge in [0.1, 0.15) is 12.1 Å². The van der Waals surface area contributed by atoms with Crippen molar-refractivity contribution in [3.63, 3.8) is 0 Å². The third-order valence-corrected chi connectivity index (χ3v) is 8.13. The molecule has 0 unspecified atom stereocenters. The van der Waals surface area contributed by atoms with Crippen molar-refractivity contribution in [3.8, 4) is 51.7 Å². The zero-order chi connectivity index (χ0) is 34.6. The number of aryl methyl sites for hydroxylation is 1. The monoisotopic (exact) mass is 642 g/mol. The molecule has 0 bridgehead atoms. The third-order valence-electron chi connectivity index (χ3n) is 8.13. The van der Waals surface area contributed by atoms with Crippen LogP contribution in [0.4, 0.5) is 24.8 Å². The van der Waals surface area contributed by atoms with E-state index in [1.165, 1.54) is 24.3 Å². The van der Waals surface area contributed by atoms with Crippen molar-refractivity contribution >= 4 is 39.4 Å². The summed E-state index contributed by atoms with van der Waals surface area (Å²) in [5, 5.41) is 28.4. The molecule has 228 valence electrons. The number of fused-ring (bicyclic) bond motifs is 5. The van der Waals surface area contributed by atoms with Crippen molar-refractivity contribution in [2.75, 3.05) is 0 Å². The fourth-order valence-electron chi connectivity index (χ4n) is 5.98. The molecule has 1 aliphatic rings. The van der Waals surface area contributed by atoms with Gasteiger partial charge in [-0.15, -0.1) is 9.97 Å². The van der Waals surface area contributed by atoms with Crippen molar-refractivity contribution in [2.45, 2.75) is 13.1 Å². The molecule has 0 radical (unpaired) electrons. The molecular formula is C36H13F3N10. The summed E-state index contributed by atoms with van der Waals surface area (Å²) in [5.74, 6) is -0.232. The van der Waals surface area contributed by atoms with Gasteiger partial charge in [-0.3, -0.25) is 0 Å². The molecule has 2 aromatic heterocycles. The number of hydrogen-bond donors (Lipinski definition) is 0. The van der Waals surface area contributed by atoms with Crippen LogP contribution in [-0.4, -0.2) is 25.6 Å². The zero-order valence-electron chi connectivity index (χ0n) is 24.9. The summed E-state index contributed by atoms with van der Waals surface area (Å²) < 4.78 is 44.1. The number of benzene rings is 4. The van der Waals surface area contributed by atoms with E-state index in [0.29, 0.717) is 44.4 Å². The summed E-state index contributed by atoms with van der Waals surface area (Å²) in [7, 11) is 0. The van der Waals surface area contributed by atoms with Crippen LogP contribution >= 0.6 is 0 Å². The molecule has 0 amide bonds. The number of alkyl halides is 3. The Hall–Kier alpha value is -7.53. The van der Waals surface area contributed by atoms with Crippen LogP contribution in [0.2, 0.25) is 0 Å². The first kappa shape index (κ1) is 30.1. The normalized spacial score (nSPS) is 12.4.